The van der Waals surface area contributed by atoms with Crippen molar-refractivity contribution in [1.29, 1.82) is 0 Å². The zero-order valence-corrected chi connectivity index (χ0v) is 6.65. The molecule has 0 fully saturated rings. The van der Waals surface area contributed by atoms with Gasteiger partial charge in [0.15, 0.2) is 0 Å². The first-order valence-electron chi connectivity index (χ1n) is 2.73. The molecule has 0 unspecified atom stereocenters. The molecular weight excluding hydrogens is 89.8 g/mol. The van der Waals surface area contributed by atoms with E-state index >= 15 is 0 Å². The van der Waals surface area contributed by atoms with Crippen molar-refractivity contribution >= 4 is 7.85 Å². The molecule has 0 amide bonds. The third-order valence-corrected chi connectivity index (χ3v) is 1.49. The van der Waals surface area contributed by atoms with Crippen LogP contribution in [0.25, 0.3) is 0 Å². The van der Waals surface area contributed by atoms with Crippen LogP contribution < -0.4 is 18.9 Å². The van der Waals surface area contributed by atoms with E-state index in [1.54, 1.807) is 0 Å². The van der Waals surface area contributed by atoms with E-state index in [1.807, 2.05) is 13.8 Å². The molecule has 0 saturated carbocycles. The monoisotopic (exact) mass is 103 g/mol. The van der Waals surface area contributed by atoms with Gasteiger partial charge in [0.1, 0.15) is 0 Å². The molecule has 0 aliphatic carbocycles. The van der Waals surface area contributed by atoms with Crippen molar-refractivity contribution in [3.8, 4) is 0 Å². The standard InChI is InChI=1S/C6H13B.Li/c1-5(2)6(3,4)7;/h5H,1-4H3;/q-1;+1. The molecule has 0 N–H and O–H groups in total. The normalized spacial score (nSPS) is 11.2. The largest absolute Gasteiger partial charge is 1.00 e. The number of hydrogen-bond acceptors (Lipinski definition) is 0. The summed E-state index contributed by atoms with van der Waals surface area (Å²) in [5.41, 5.74) is 0. The second-order valence-corrected chi connectivity index (χ2v) is 2.98. The van der Waals surface area contributed by atoms with Crippen molar-refractivity contribution in [2.75, 3.05) is 0 Å². The molecule has 2 heteroatoms. The van der Waals surface area contributed by atoms with Crippen LogP contribution in [-0.4, -0.2) is 7.85 Å². The van der Waals surface area contributed by atoms with E-state index in [0.29, 0.717) is 5.92 Å². The maximum Gasteiger partial charge on any atom is 1.00 e. The maximum absolute atomic E-state index is 5.68. The fourth-order valence-electron chi connectivity index (χ4n) is 0. The minimum Gasteiger partial charge on any atom is -0.617 e. The van der Waals surface area contributed by atoms with E-state index in [4.69, 9.17) is 7.85 Å². The minimum absolute atomic E-state index is 0. The van der Waals surface area contributed by atoms with E-state index in [9.17, 15) is 0 Å². The van der Waals surface area contributed by atoms with Gasteiger partial charge >= 0.3 is 18.9 Å². The second kappa shape index (κ2) is 3.64. The zero-order valence-electron chi connectivity index (χ0n) is 6.65. The Bertz CT molecular complexity index is 54.0. The molecule has 8 heavy (non-hydrogen) atoms. The van der Waals surface area contributed by atoms with Gasteiger partial charge in [-0.3, -0.25) is 5.31 Å². The second-order valence-electron chi connectivity index (χ2n) is 2.98. The van der Waals surface area contributed by atoms with Crippen molar-refractivity contribution in [2.45, 2.75) is 33.0 Å². The van der Waals surface area contributed by atoms with E-state index < -0.39 is 0 Å². The Morgan fingerprint density at radius 3 is 1.38 bits per heavy atom. The number of hydrogen-bond donors (Lipinski definition) is 0. The van der Waals surface area contributed by atoms with Gasteiger partial charge in [0.05, 0.1) is 0 Å². The van der Waals surface area contributed by atoms with E-state index in [2.05, 4.69) is 13.8 Å². The van der Waals surface area contributed by atoms with E-state index in [-0.39, 0.29) is 24.2 Å². The van der Waals surface area contributed by atoms with E-state index in [0.717, 1.165) is 0 Å². The number of rotatable bonds is 1. The van der Waals surface area contributed by atoms with Gasteiger partial charge in [0, 0.05) is 0 Å². The Labute approximate surface area is 66.0 Å². The molecule has 0 atom stereocenters. The van der Waals surface area contributed by atoms with Gasteiger partial charge in [-0.2, -0.15) is 0 Å². The summed E-state index contributed by atoms with van der Waals surface area (Å²) >= 11 is 0. The fourth-order valence-corrected chi connectivity index (χ4v) is 0. The summed E-state index contributed by atoms with van der Waals surface area (Å²) in [4.78, 5) is 0. The molecule has 0 aliphatic heterocycles. The van der Waals surface area contributed by atoms with Gasteiger partial charge in [0.2, 0.25) is 0 Å². The first kappa shape index (κ1) is 11.5. The zero-order chi connectivity index (χ0) is 6.08. The molecule has 0 nitrogen and oxygen atoms in total. The molecule has 0 heterocycles. The minimum atomic E-state index is 0. The Morgan fingerprint density at radius 1 is 1.25 bits per heavy atom. The third kappa shape index (κ3) is 4.81. The summed E-state index contributed by atoms with van der Waals surface area (Å²) in [6.07, 6.45) is 0. The van der Waals surface area contributed by atoms with Crippen LogP contribution in [0, 0.1) is 5.92 Å². The molecule has 0 rings (SSSR count). The Balaban J connectivity index is 0. The van der Waals surface area contributed by atoms with Gasteiger partial charge < -0.3 is 7.85 Å². The van der Waals surface area contributed by atoms with Crippen LogP contribution in [0.1, 0.15) is 27.7 Å². The third-order valence-electron chi connectivity index (χ3n) is 1.49. The summed E-state index contributed by atoms with van der Waals surface area (Å²) < 4.78 is 0. The first-order chi connectivity index (χ1) is 2.94. The summed E-state index contributed by atoms with van der Waals surface area (Å²) in [7, 11) is 5.68. The van der Waals surface area contributed by atoms with Crippen molar-refractivity contribution in [2.24, 2.45) is 5.92 Å². The van der Waals surface area contributed by atoms with Crippen LogP contribution in [0.15, 0.2) is 0 Å². The van der Waals surface area contributed by atoms with Crippen LogP contribution in [0.2, 0.25) is 5.31 Å². The van der Waals surface area contributed by atoms with Crippen LogP contribution in [0.5, 0.6) is 0 Å². The Hall–Kier alpha value is 0.662. The maximum atomic E-state index is 5.68. The molecule has 0 aromatic rings. The van der Waals surface area contributed by atoms with Gasteiger partial charge in [-0.25, -0.2) is 0 Å². The average molecular weight is 103 g/mol. The van der Waals surface area contributed by atoms with Crippen LogP contribution in [0.3, 0.4) is 0 Å². The topological polar surface area (TPSA) is 0 Å². The van der Waals surface area contributed by atoms with Gasteiger partial charge in [-0.15, -0.1) is 0 Å². The predicted octanol–water partition coefficient (Wildman–Crippen LogP) is -0.987. The molecule has 0 bridgehead atoms. The molecule has 0 aromatic carbocycles. The quantitative estimate of drug-likeness (QED) is 0.374. The van der Waals surface area contributed by atoms with Crippen LogP contribution >= 0.6 is 0 Å². The average Bonchev–Trinajstić information content (AvgIpc) is 1.31. The Kier molecular flexibility index (Phi) is 5.22. The summed E-state index contributed by atoms with van der Waals surface area (Å²) in [5.74, 6) is 0.576. The van der Waals surface area contributed by atoms with Crippen molar-refractivity contribution in [3.63, 3.8) is 0 Å². The van der Waals surface area contributed by atoms with Crippen molar-refractivity contribution in [3.05, 3.63) is 0 Å². The molecule has 41 valence electrons. The molecule has 0 saturated heterocycles. The SMILES string of the molecule is [B-]C(C)(C)C(C)C.[Li+]. The smallest absolute Gasteiger partial charge is 0.617 e. The molecular formula is C6H13BLi. The van der Waals surface area contributed by atoms with Crippen molar-refractivity contribution in [1.82, 2.24) is 0 Å². The van der Waals surface area contributed by atoms with Crippen LogP contribution in [0.4, 0.5) is 0 Å². The van der Waals surface area contributed by atoms with Crippen molar-refractivity contribution < 1.29 is 18.9 Å². The van der Waals surface area contributed by atoms with Crippen LogP contribution in [-0.2, 0) is 0 Å². The fraction of sp³-hybridized carbons (Fsp3) is 1.00. The molecule has 3 radical (unpaired) electrons. The summed E-state index contributed by atoms with van der Waals surface area (Å²) in [6, 6.07) is 0. The predicted molar refractivity (Wildman–Crippen MR) is 34.6 cm³/mol. The first-order valence-corrected chi connectivity index (χ1v) is 2.73. The molecule has 0 spiro atoms. The van der Waals surface area contributed by atoms with Gasteiger partial charge in [-0.1, -0.05) is 33.6 Å². The Morgan fingerprint density at radius 2 is 1.38 bits per heavy atom. The van der Waals surface area contributed by atoms with Gasteiger partial charge in [-0.05, 0) is 0 Å². The molecule has 0 aliphatic rings. The molecule has 0 aromatic heterocycles. The van der Waals surface area contributed by atoms with E-state index in [1.165, 1.54) is 0 Å². The summed E-state index contributed by atoms with van der Waals surface area (Å²) in [5, 5.41) is 0.000000000000000222. The summed E-state index contributed by atoms with van der Waals surface area (Å²) in [6.45, 7) is 8.33. The van der Waals surface area contributed by atoms with Gasteiger partial charge in [0.25, 0.3) is 0 Å².